The highest BCUT2D eigenvalue weighted by atomic mass is 19.4. The summed E-state index contributed by atoms with van der Waals surface area (Å²) in [6.45, 7) is 2.81. The van der Waals surface area contributed by atoms with Gasteiger partial charge in [0, 0.05) is 6.20 Å². The fraction of sp³-hybridized carbons (Fsp3) is 0.222. The van der Waals surface area contributed by atoms with Crippen LogP contribution in [-0.4, -0.2) is 33.8 Å². The van der Waals surface area contributed by atoms with Crippen LogP contribution in [0, 0.1) is 6.92 Å². The van der Waals surface area contributed by atoms with Gasteiger partial charge in [-0.3, -0.25) is 5.01 Å². The van der Waals surface area contributed by atoms with Crippen LogP contribution in [0.2, 0.25) is 0 Å². The van der Waals surface area contributed by atoms with Crippen LogP contribution in [0.15, 0.2) is 58.3 Å². The minimum absolute atomic E-state index is 0.248. The molecule has 1 aromatic heterocycles. The van der Waals surface area contributed by atoms with Crippen molar-refractivity contribution in [1.82, 2.24) is 14.9 Å². The Morgan fingerprint density at radius 1 is 1.19 bits per heavy atom. The zero-order valence-electron chi connectivity index (χ0n) is 14.3. The summed E-state index contributed by atoms with van der Waals surface area (Å²) in [5, 5.41) is 6.32. The van der Waals surface area contributed by atoms with E-state index in [1.54, 1.807) is 18.3 Å². The zero-order valence-corrected chi connectivity index (χ0v) is 14.3. The van der Waals surface area contributed by atoms with Gasteiger partial charge in [0.25, 0.3) is 0 Å². The molecule has 0 fully saturated rings. The first-order valence-corrected chi connectivity index (χ1v) is 8.13. The summed E-state index contributed by atoms with van der Waals surface area (Å²) in [6.07, 6.45) is 2.59. The lowest BCUT2D eigenvalue weighted by atomic mass is 10.0. The predicted octanol–water partition coefficient (Wildman–Crippen LogP) is 3.88. The van der Waals surface area contributed by atoms with Crippen LogP contribution in [0.25, 0.3) is 5.57 Å². The van der Waals surface area contributed by atoms with Crippen LogP contribution in [0.1, 0.15) is 17.2 Å². The number of halogens is 3. The molecule has 0 aliphatic carbocycles. The van der Waals surface area contributed by atoms with Crippen LogP contribution >= 0.6 is 0 Å². The zero-order chi connectivity index (χ0) is 19.0. The first-order chi connectivity index (χ1) is 12.9. The Hall–Kier alpha value is -3.23. The van der Waals surface area contributed by atoms with Gasteiger partial charge in [0.2, 0.25) is 5.89 Å². The molecule has 2 aliphatic rings. The van der Waals surface area contributed by atoms with Gasteiger partial charge in [-0.25, -0.2) is 4.98 Å². The van der Waals surface area contributed by atoms with Gasteiger partial charge in [0.15, 0.2) is 5.84 Å². The molecule has 140 valence electrons. The summed E-state index contributed by atoms with van der Waals surface area (Å²) >= 11 is 0. The first kappa shape index (κ1) is 17.2. The summed E-state index contributed by atoms with van der Waals surface area (Å²) in [5.74, 6) is 1.86. The van der Waals surface area contributed by atoms with Crippen molar-refractivity contribution in [2.45, 2.75) is 19.8 Å². The van der Waals surface area contributed by atoms with Crippen LogP contribution in [0.4, 0.5) is 13.2 Å². The van der Waals surface area contributed by atoms with E-state index in [1.165, 1.54) is 12.1 Å². The molecule has 0 spiro atoms. The van der Waals surface area contributed by atoms with E-state index in [0.29, 0.717) is 19.1 Å². The van der Waals surface area contributed by atoms with Crippen LogP contribution < -0.4 is 4.74 Å². The number of hydrazone groups is 1. The summed E-state index contributed by atoms with van der Waals surface area (Å²) in [7, 11) is 0. The number of fused-ring (bicyclic) bond motifs is 1. The predicted molar refractivity (Wildman–Crippen MR) is 91.2 cm³/mol. The Morgan fingerprint density at radius 2 is 1.96 bits per heavy atom. The Labute approximate surface area is 152 Å². The molecule has 27 heavy (non-hydrogen) atoms. The Balaban J connectivity index is 1.45. The van der Waals surface area contributed by atoms with E-state index in [-0.39, 0.29) is 5.75 Å². The number of benzene rings is 1. The van der Waals surface area contributed by atoms with Gasteiger partial charge in [-0.05, 0) is 42.3 Å². The van der Waals surface area contributed by atoms with Crippen LogP contribution in [-0.2, 0) is 6.54 Å². The van der Waals surface area contributed by atoms with E-state index in [9.17, 15) is 13.2 Å². The van der Waals surface area contributed by atoms with E-state index < -0.39 is 6.36 Å². The lowest BCUT2D eigenvalue weighted by Crippen LogP contribution is -2.26. The van der Waals surface area contributed by atoms with Gasteiger partial charge in [-0.15, -0.1) is 13.2 Å². The van der Waals surface area contributed by atoms with Crippen molar-refractivity contribution in [3.05, 3.63) is 66.0 Å². The van der Waals surface area contributed by atoms with E-state index >= 15 is 0 Å². The average Bonchev–Trinajstić information content (AvgIpc) is 3.19. The Bertz CT molecular complexity index is 929. The minimum atomic E-state index is -4.70. The molecule has 0 saturated heterocycles. The molecule has 0 atom stereocenters. The summed E-state index contributed by atoms with van der Waals surface area (Å²) in [5.41, 5.74) is 1.64. The number of allylic oxidation sites excluding steroid dienone is 2. The highest BCUT2D eigenvalue weighted by Crippen LogP contribution is 2.28. The second-order valence-corrected chi connectivity index (χ2v) is 6.09. The molecular weight excluding hydrogens is 361 g/mol. The van der Waals surface area contributed by atoms with Crippen molar-refractivity contribution in [2.75, 3.05) is 6.67 Å². The van der Waals surface area contributed by atoms with E-state index in [4.69, 9.17) is 4.42 Å². The number of alkyl halides is 3. The molecule has 0 bridgehead atoms. The van der Waals surface area contributed by atoms with Gasteiger partial charge in [-0.2, -0.15) is 5.10 Å². The third-order valence-electron chi connectivity index (χ3n) is 3.97. The maximum atomic E-state index is 12.3. The monoisotopic (exact) mass is 376 g/mol. The number of hydrogen-bond acceptors (Lipinski definition) is 6. The standard InChI is InChI=1S/C18H15F3N4O2/c1-12-8-22-17(26-12)10-25-11-24-9-14(4-7-16(24)23-25)13-2-5-15(6-3-13)27-18(19,20)21/h2-9H,10-11H2,1H3. The van der Waals surface area contributed by atoms with Crippen molar-refractivity contribution in [2.24, 2.45) is 5.10 Å². The van der Waals surface area contributed by atoms with E-state index in [0.717, 1.165) is 22.7 Å². The Morgan fingerprint density at radius 3 is 2.63 bits per heavy atom. The maximum Gasteiger partial charge on any atom is 0.573 e. The van der Waals surface area contributed by atoms with Gasteiger partial charge < -0.3 is 14.1 Å². The minimum Gasteiger partial charge on any atom is -0.444 e. The normalized spacial score (nSPS) is 16.3. The number of aromatic nitrogens is 1. The quantitative estimate of drug-likeness (QED) is 0.811. The molecule has 0 amide bonds. The number of rotatable bonds is 4. The van der Waals surface area contributed by atoms with E-state index in [1.807, 2.05) is 35.2 Å². The number of oxazole rings is 1. The van der Waals surface area contributed by atoms with Gasteiger partial charge in [0.1, 0.15) is 24.7 Å². The topological polar surface area (TPSA) is 54.1 Å². The molecule has 6 nitrogen and oxygen atoms in total. The van der Waals surface area contributed by atoms with Gasteiger partial charge in [-0.1, -0.05) is 12.1 Å². The summed E-state index contributed by atoms with van der Waals surface area (Å²) in [4.78, 5) is 6.12. The lowest BCUT2D eigenvalue weighted by Gasteiger charge is -2.20. The van der Waals surface area contributed by atoms with Gasteiger partial charge in [0.05, 0.1) is 6.20 Å². The molecule has 9 heteroatoms. The molecule has 0 saturated carbocycles. The molecule has 0 N–H and O–H groups in total. The smallest absolute Gasteiger partial charge is 0.444 e. The lowest BCUT2D eigenvalue weighted by molar-refractivity contribution is -0.274. The largest absolute Gasteiger partial charge is 0.573 e. The fourth-order valence-corrected chi connectivity index (χ4v) is 2.83. The molecule has 2 aliphatic heterocycles. The number of ether oxygens (including phenoxy) is 1. The third kappa shape index (κ3) is 3.97. The molecule has 0 radical (unpaired) electrons. The average molecular weight is 376 g/mol. The Kier molecular flexibility index (Phi) is 4.14. The van der Waals surface area contributed by atoms with Crippen molar-refractivity contribution in [3.63, 3.8) is 0 Å². The third-order valence-corrected chi connectivity index (χ3v) is 3.97. The molecular formula is C18H15F3N4O2. The highest BCUT2D eigenvalue weighted by molar-refractivity contribution is 6.00. The van der Waals surface area contributed by atoms with Crippen molar-refractivity contribution in [3.8, 4) is 5.75 Å². The van der Waals surface area contributed by atoms with Crippen molar-refractivity contribution < 1.29 is 22.3 Å². The van der Waals surface area contributed by atoms with Gasteiger partial charge >= 0.3 is 6.36 Å². The SMILES string of the molecule is Cc1cnc(CN2CN3C=C(c4ccc(OC(F)(F)F)cc4)C=CC3=N2)o1. The van der Waals surface area contributed by atoms with Crippen LogP contribution in [0.3, 0.4) is 0 Å². The molecule has 2 aromatic rings. The van der Waals surface area contributed by atoms with Crippen LogP contribution in [0.5, 0.6) is 5.75 Å². The molecule has 1 aromatic carbocycles. The maximum absolute atomic E-state index is 12.3. The second kappa shape index (κ2) is 6.49. The molecule has 4 rings (SSSR count). The second-order valence-electron chi connectivity index (χ2n) is 6.09. The first-order valence-electron chi connectivity index (χ1n) is 8.13. The highest BCUT2D eigenvalue weighted by Gasteiger charge is 2.31. The number of hydrogen-bond donors (Lipinski definition) is 0. The summed E-state index contributed by atoms with van der Waals surface area (Å²) in [6, 6.07) is 5.76. The van der Waals surface area contributed by atoms with E-state index in [2.05, 4.69) is 14.8 Å². The number of nitrogens with zero attached hydrogens (tertiary/aromatic N) is 4. The molecule has 3 heterocycles. The van der Waals surface area contributed by atoms with Crippen molar-refractivity contribution >= 4 is 11.4 Å². The molecule has 0 unspecified atom stereocenters. The fourth-order valence-electron chi connectivity index (χ4n) is 2.83. The van der Waals surface area contributed by atoms with Crippen molar-refractivity contribution in [1.29, 1.82) is 0 Å². The number of aryl methyl sites for hydroxylation is 1. The summed E-state index contributed by atoms with van der Waals surface area (Å²) < 4.78 is 46.1. The number of amidine groups is 1.